The average Bonchev–Trinajstić information content (AvgIpc) is 2.44. The maximum absolute atomic E-state index is 10.7. The van der Waals surface area contributed by atoms with Gasteiger partial charge in [0.15, 0.2) is 5.76 Å². The van der Waals surface area contributed by atoms with Crippen molar-refractivity contribution < 1.29 is 34.1 Å². The first-order valence-electron chi connectivity index (χ1n) is 4.58. The monoisotopic (exact) mass is 400 g/mol. The maximum atomic E-state index is 10.7. The number of carbonyl (C=O) groups excluding carboxylic acids is 1. The van der Waals surface area contributed by atoms with Crippen LogP contribution in [0, 0.1) is 6.92 Å². The van der Waals surface area contributed by atoms with Crippen LogP contribution in [0.3, 0.4) is 0 Å². The molecule has 0 saturated carbocycles. The van der Waals surface area contributed by atoms with Gasteiger partial charge in [0.2, 0.25) is 0 Å². The van der Waals surface area contributed by atoms with Gasteiger partial charge in [-0.2, -0.15) is 0 Å². The molecule has 0 atom stereocenters. The smallest absolute Gasteiger partial charge is 0.519 e. The van der Waals surface area contributed by atoms with Crippen molar-refractivity contribution >= 4 is 5.91 Å². The Hall–Kier alpha value is -0.898. The van der Waals surface area contributed by atoms with Gasteiger partial charge >= 0.3 is 5.82 Å². The second kappa shape index (κ2) is 7.39. The van der Waals surface area contributed by atoms with Crippen LogP contribution in [0.1, 0.15) is 18.4 Å². The van der Waals surface area contributed by atoms with Gasteiger partial charge < -0.3 is 24.3 Å². The number of nitrogens with one attached hydrogen (secondary N) is 1. The number of hydrogen-bond donors (Lipinski definition) is 1. The third kappa shape index (κ3) is 5.26. The van der Waals surface area contributed by atoms with Gasteiger partial charge in [-0.15, -0.1) is 6.54 Å². The van der Waals surface area contributed by atoms with Crippen molar-refractivity contribution in [3.05, 3.63) is 27.5 Å². The summed E-state index contributed by atoms with van der Waals surface area (Å²) in [6, 6.07) is 0. The van der Waals surface area contributed by atoms with E-state index in [2.05, 4.69) is 15.1 Å². The fraction of sp³-hybridized carbons (Fsp3) is 0.556. The molecule has 1 radical (unpaired) electrons. The molecule has 0 aliphatic heterocycles. The molecule has 0 aromatic carbocycles. The summed E-state index contributed by atoms with van der Waals surface area (Å²) in [5, 5.41) is 6.64. The van der Waals surface area contributed by atoms with Crippen molar-refractivity contribution in [2.24, 2.45) is 0 Å². The zero-order valence-electron chi connectivity index (χ0n) is 9.08. The number of nitrogens with zero attached hydrogens (tertiary/aromatic N) is 1. The molecule has 6 nitrogen and oxygen atoms in total. The Labute approximate surface area is 106 Å². The van der Waals surface area contributed by atoms with E-state index >= 15 is 0 Å². The van der Waals surface area contributed by atoms with Crippen molar-refractivity contribution in [1.82, 2.24) is 5.32 Å². The minimum absolute atomic E-state index is 0. The van der Waals surface area contributed by atoms with E-state index in [4.69, 9.17) is 4.42 Å². The zero-order chi connectivity index (χ0) is 11.3. The van der Waals surface area contributed by atoms with Gasteiger partial charge in [-0.3, -0.25) is 0 Å². The molecule has 1 aromatic heterocycles. The number of aryl methyl sites for hydroxylation is 1. The van der Waals surface area contributed by atoms with Gasteiger partial charge in [0.25, 0.3) is 0 Å². The summed E-state index contributed by atoms with van der Waals surface area (Å²) in [6.45, 7) is 4.41. The largest absolute Gasteiger partial charge is 0.653 e. The Morgan fingerprint density at radius 1 is 1.44 bits per heavy atom. The van der Waals surface area contributed by atoms with Gasteiger partial charge in [0, 0.05) is 26.3 Å². The minimum Gasteiger partial charge on any atom is -0.653 e. The molecule has 1 amide bonds. The number of amides is 1. The topological polar surface area (TPSA) is 86.5 Å². The Bertz CT molecular complexity index is 385. The summed E-state index contributed by atoms with van der Waals surface area (Å²) in [5.41, 5.74) is 0. The molecule has 0 bridgehead atoms. The van der Waals surface area contributed by atoms with E-state index in [1.165, 1.54) is 6.92 Å². The van der Waals surface area contributed by atoms with Crippen LogP contribution >= 0.6 is 0 Å². The molecule has 1 heterocycles. The van der Waals surface area contributed by atoms with Crippen molar-refractivity contribution in [2.45, 2.75) is 20.4 Å². The molecule has 0 saturated heterocycles. The molecule has 0 fully saturated rings. The summed E-state index contributed by atoms with van der Waals surface area (Å²) in [7, 11) is 0. The molecular formula is C9H13N2O4Re-. The van der Waals surface area contributed by atoms with Crippen LogP contribution in [0.15, 0.2) is 13.6 Å². The third-order valence-corrected chi connectivity index (χ3v) is 1.74. The molecule has 0 aliphatic rings. The zero-order valence-corrected chi connectivity index (χ0v) is 11.8. The van der Waals surface area contributed by atoms with Crippen LogP contribution < -0.4 is 11.1 Å². The predicted molar refractivity (Wildman–Crippen MR) is 52.6 cm³/mol. The van der Waals surface area contributed by atoms with Gasteiger partial charge in [-0.05, 0) is 20.4 Å². The fourth-order valence-electron chi connectivity index (χ4n) is 1.03. The standard InChI is InChI=1S/C9H14N2O4.Re/c1-6-8(15-9(13)14-6)5-10-3-4-11-7(2)12;/h10H,3-5H2,1-2H3,(H,11,12);/p-1. The van der Waals surface area contributed by atoms with E-state index in [0.29, 0.717) is 31.2 Å². The summed E-state index contributed by atoms with van der Waals surface area (Å²) in [5.74, 6) is 0.0550. The summed E-state index contributed by atoms with van der Waals surface area (Å²) < 4.78 is 9.43. The molecule has 0 aliphatic carbocycles. The second-order valence-electron chi connectivity index (χ2n) is 3.01. The number of rotatable bonds is 5. The normalized spacial score (nSPS) is 9.62. The van der Waals surface area contributed by atoms with Crippen LogP contribution in [0.4, 0.5) is 0 Å². The van der Waals surface area contributed by atoms with E-state index in [1.54, 1.807) is 6.92 Å². The Balaban J connectivity index is 0.00000225. The van der Waals surface area contributed by atoms with Crippen LogP contribution in [0.25, 0.3) is 5.32 Å². The predicted octanol–water partition coefficient (Wildman–Crippen LogP) is 0.549. The first-order valence-corrected chi connectivity index (χ1v) is 4.58. The van der Waals surface area contributed by atoms with Gasteiger partial charge in [-0.25, -0.2) is 4.79 Å². The fourth-order valence-corrected chi connectivity index (χ4v) is 1.03. The van der Waals surface area contributed by atoms with E-state index < -0.39 is 5.82 Å². The van der Waals surface area contributed by atoms with Crippen LogP contribution in [-0.4, -0.2) is 19.0 Å². The molecule has 1 N–H and O–H groups in total. The maximum Gasteiger partial charge on any atom is 0.519 e. The molecule has 7 heteroatoms. The third-order valence-electron chi connectivity index (χ3n) is 1.74. The van der Waals surface area contributed by atoms with E-state index in [0.717, 1.165) is 0 Å². The number of carbonyl (C=O) groups is 1. The van der Waals surface area contributed by atoms with E-state index in [-0.39, 0.29) is 26.3 Å². The Morgan fingerprint density at radius 2 is 2.12 bits per heavy atom. The number of hydrogen-bond acceptors (Lipinski definition) is 5. The molecule has 1 aromatic rings. The van der Waals surface area contributed by atoms with Gasteiger partial charge in [0.1, 0.15) is 5.76 Å². The quantitative estimate of drug-likeness (QED) is 0.731. The minimum atomic E-state index is -0.697. The van der Waals surface area contributed by atoms with Gasteiger partial charge in [0.05, 0.1) is 6.54 Å². The first kappa shape index (κ1) is 15.1. The Morgan fingerprint density at radius 3 is 2.62 bits per heavy atom. The van der Waals surface area contributed by atoms with Crippen molar-refractivity contribution in [3.8, 4) is 0 Å². The van der Waals surface area contributed by atoms with E-state index in [1.807, 2.05) is 0 Å². The Kier molecular flexibility index (Phi) is 6.97. The van der Waals surface area contributed by atoms with Gasteiger partial charge in [-0.1, -0.05) is 0 Å². The molecule has 1 rings (SSSR count). The first-order chi connectivity index (χ1) is 7.09. The molecule has 0 unspecified atom stereocenters. The molecule has 0 spiro atoms. The molecule has 91 valence electrons. The molecule has 16 heavy (non-hydrogen) atoms. The van der Waals surface area contributed by atoms with Crippen LogP contribution in [0.5, 0.6) is 0 Å². The van der Waals surface area contributed by atoms with E-state index in [9.17, 15) is 9.59 Å². The SMILES string of the molecule is CC(=O)[N-]CCNCc1oc(=O)oc1C.[Re]. The van der Waals surface area contributed by atoms with Crippen molar-refractivity contribution in [3.63, 3.8) is 0 Å². The van der Waals surface area contributed by atoms with Crippen LogP contribution in [0.2, 0.25) is 0 Å². The molecular weight excluding hydrogens is 386 g/mol. The van der Waals surface area contributed by atoms with Crippen LogP contribution in [-0.2, 0) is 31.8 Å². The van der Waals surface area contributed by atoms with Crippen molar-refractivity contribution in [2.75, 3.05) is 13.1 Å². The summed E-state index contributed by atoms with van der Waals surface area (Å²) >= 11 is 0. The summed E-state index contributed by atoms with van der Waals surface area (Å²) in [6.07, 6.45) is 0. The average molecular weight is 399 g/mol. The second-order valence-corrected chi connectivity index (χ2v) is 3.01. The van der Waals surface area contributed by atoms with Crippen molar-refractivity contribution in [1.29, 1.82) is 0 Å². The summed E-state index contributed by atoms with van der Waals surface area (Å²) in [4.78, 5) is 21.1.